The molecule has 1 aliphatic heterocycles. The summed E-state index contributed by atoms with van der Waals surface area (Å²) < 4.78 is 11.2. The molecule has 0 amide bonds. The monoisotopic (exact) mass is 230 g/mol. The molecule has 0 radical (unpaired) electrons. The van der Waals surface area contributed by atoms with Crippen LogP contribution in [0.15, 0.2) is 12.2 Å². The summed E-state index contributed by atoms with van der Waals surface area (Å²) in [6.45, 7) is 1.42. The van der Waals surface area contributed by atoms with Gasteiger partial charge in [-0.05, 0) is 36.4 Å². The SMILES string of the molecule is O=C(Cl)/C=C/C1CCC2(CC1)OCCO2. The molecule has 4 heteroatoms. The third-order valence-corrected chi connectivity index (χ3v) is 3.23. The molecule has 2 rings (SSSR count). The van der Waals surface area contributed by atoms with E-state index in [1.165, 1.54) is 6.08 Å². The first-order valence-electron chi connectivity index (χ1n) is 5.36. The Balaban J connectivity index is 1.84. The van der Waals surface area contributed by atoms with Gasteiger partial charge in [-0.3, -0.25) is 4.79 Å². The summed E-state index contributed by atoms with van der Waals surface area (Å²) in [7, 11) is 0. The van der Waals surface area contributed by atoms with E-state index < -0.39 is 5.24 Å². The number of allylic oxidation sites excluding steroid dienone is 2. The Morgan fingerprint density at radius 3 is 2.40 bits per heavy atom. The molecule has 0 aromatic carbocycles. The summed E-state index contributed by atoms with van der Waals surface area (Å²) in [5.74, 6) is 0.126. The van der Waals surface area contributed by atoms with Crippen LogP contribution in [-0.2, 0) is 14.3 Å². The molecule has 15 heavy (non-hydrogen) atoms. The maximum atomic E-state index is 10.6. The summed E-state index contributed by atoms with van der Waals surface area (Å²) >= 11 is 5.24. The average Bonchev–Trinajstić information content (AvgIpc) is 2.66. The van der Waals surface area contributed by atoms with Crippen molar-refractivity contribution in [3.8, 4) is 0 Å². The maximum Gasteiger partial charge on any atom is 0.244 e. The predicted octanol–water partition coefficient (Wildman–Crippen LogP) is 2.24. The second-order valence-electron chi connectivity index (χ2n) is 4.11. The van der Waals surface area contributed by atoms with E-state index in [-0.39, 0.29) is 5.79 Å². The third kappa shape index (κ3) is 2.80. The van der Waals surface area contributed by atoms with Gasteiger partial charge in [0.15, 0.2) is 5.79 Å². The lowest BCUT2D eigenvalue weighted by atomic mass is 9.85. The van der Waals surface area contributed by atoms with Crippen LogP contribution < -0.4 is 0 Å². The van der Waals surface area contributed by atoms with Gasteiger partial charge in [0.25, 0.3) is 0 Å². The normalized spacial score (nSPS) is 26.5. The van der Waals surface area contributed by atoms with Gasteiger partial charge < -0.3 is 9.47 Å². The number of halogens is 1. The summed E-state index contributed by atoms with van der Waals surface area (Å²) in [5, 5.41) is -0.399. The van der Waals surface area contributed by atoms with E-state index in [4.69, 9.17) is 21.1 Å². The summed E-state index contributed by atoms with van der Waals surface area (Å²) in [6.07, 6.45) is 7.18. The Morgan fingerprint density at radius 2 is 1.87 bits per heavy atom. The molecule has 1 aliphatic carbocycles. The Morgan fingerprint density at radius 1 is 1.27 bits per heavy atom. The Hall–Kier alpha value is -0.380. The van der Waals surface area contributed by atoms with Gasteiger partial charge in [-0.2, -0.15) is 0 Å². The van der Waals surface area contributed by atoms with Gasteiger partial charge in [-0.15, -0.1) is 0 Å². The van der Waals surface area contributed by atoms with Crippen LogP contribution in [0.25, 0.3) is 0 Å². The van der Waals surface area contributed by atoms with Crippen LogP contribution in [0.1, 0.15) is 25.7 Å². The van der Waals surface area contributed by atoms with Crippen molar-refractivity contribution in [2.75, 3.05) is 13.2 Å². The summed E-state index contributed by atoms with van der Waals surface area (Å²) in [5.41, 5.74) is 0. The van der Waals surface area contributed by atoms with Crippen LogP contribution in [0.4, 0.5) is 0 Å². The molecule has 1 heterocycles. The molecule has 0 aromatic heterocycles. The van der Waals surface area contributed by atoms with Gasteiger partial charge in [-0.1, -0.05) is 6.08 Å². The maximum absolute atomic E-state index is 10.6. The standard InChI is InChI=1S/C11H15ClO3/c12-10(13)2-1-9-3-5-11(6-4-9)14-7-8-15-11/h1-2,9H,3-8H2/b2-1+. The Bertz CT molecular complexity index is 259. The Labute approximate surface area is 94.4 Å². The molecule has 0 atom stereocenters. The zero-order chi connectivity index (χ0) is 10.7. The fourth-order valence-electron chi connectivity index (χ4n) is 2.27. The molecule has 1 spiro atoms. The van der Waals surface area contributed by atoms with Crippen molar-refractivity contribution >= 4 is 16.8 Å². The molecule has 3 nitrogen and oxygen atoms in total. The molecule has 2 fully saturated rings. The molecule has 0 aromatic rings. The highest BCUT2D eigenvalue weighted by atomic mass is 35.5. The number of hydrogen-bond acceptors (Lipinski definition) is 3. The Kier molecular flexibility index (Phi) is 3.44. The summed E-state index contributed by atoms with van der Waals surface area (Å²) in [6, 6.07) is 0. The van der Waals surface area contributed by atoms with Crippen molar-refractivity contribution in [1.82, 2.24) is 0 Å². The molecule has 0 unspecified atom stereocenters. The zero-order valence-electron chi connectivity index (χ0n) is 8.58. The highest BCUT2D eigenvalue weighted by Crippen LogP contribution is 2.38. The molecule has 2 aliphatic rings. The second-order valence-corrected chi connectivity index (χ2v) is 4.48. The number of ether oxygens (including phenoxy) is 2. The van der Waals surface area contributed by atoms with Gasteiger partial charge in [0.1, 0.15) is 0 Å². The van der Waals surface area contributed by atoms with Gasteiger partial charge in [0.2, 0.25) is 5.24 Å². The van der Waals surface area contributed by atoms with Crippen LogP contribution in [-0.4, -0.2) is 24.2 Å². The fourth-order valence-corrected chi connectivity index (χ4v) is 2.34. The lowest BCUT2D eigenvalue weighted by molar-refractivity contribution is -0.180. The molecule has 1 saturated heterocycles. The van der Waals surface area contributed by atoms with E-state index in [9.17, 15) is 4.79 Å². The van der Waals surface area contributed by atoms with Gasteiger partial charge in [0, 0.05) is 12.8 Å². The van der Waals surface area contributed by atoms with E-state index in [2.05, 4.69) is 0 Å². The van der Waals surface area contributed by atoms with E-state index in [0.29, 0.717) is 19.1 Å². The number of rotatable bonds is 2. The molecule has 0 bridgehead atoms. The minimum absolute atomic E-state index is 0.310. The molecule has 0 N–H and O–H groups in total. The number of carbonyl (C=O) groups is 1. The van der Waals surface area contributed by atoms with Crippen molar-refractivity contribution in [3.05, 3.63) is 12.2 Å². The lowest BCUT2D eigenvalue weighted by Gasteiger charge is -2.34. The van der Waals surface area contributed by atoms with Crippen LogP contribution in [0.3, 0.4) is 0 Å². The summed E-state index contributed by atoms with van der Waals surface area (Å²) in [4.78, 5) is 10.6. The topological polar surface area (TPSA) is 35.5 Å². The lowest BCUT2D eigenvalue weighted by Crippen LogP contribution is -2.34. The van der Waals surface area contributed by atoms with Gasteiger partial charge in [-0.25, -0.2) is 0 Å². The molecule has 84 valence electrons. The minimum atomic E-state index is -0.399. The van der Waals surface area contributed by atoms with Crippen molar-refractivity contribution in [3.63, 3.8) is 0 Å². The minimum Gasteiger partial charge on any atom is -0.348 e. The van der Waals surface area contributed by atoms with Gasteiger partial charge in [0.05, 0.1) is 13.2 Å². The van der Waals surface area contributed by atoms with E-state index in [1.54, 1.807) is 0 Å². The van der Waals surface area contributed by atoms with Crippen LogP contribution in [0.2, 0.25) is 0 Å². The number of hydrogen-bond donors (Lipinski definition) is 0. The predicted molar refractivity (Wildman–Crippen MR) is 56.6 cm³/mol. The van der Waals surface area contributed by atoms with Gasteiger partial charge >= 0.3 is 0 Å². The fraction of sp³-hybridized carbons (Fsp3) is 0.727. The second kappa shape index (κ2) is 4.64. The first kappa shape index (κ1) is 11.1. The van der Waals surface area contributed by atoms with Crippen molar-refractivity contribution in [1.29, 1.82) is 0 Å². The highest BCUT2D eigenvalue weighted by Gasteiger charge is 2.39. The number of carbonyl (C=O) groups excluding carboxylic acids is 1. The zero-order valence-corrected chi connectivity index (χ0v) is 9.33. The van der Waals surface area contributed by atoms with E-state index in [1.807, 2.05) is 6.08 Å². The first-order chi connectivity index (χ1) is 7.20. The molecular formula is C11H15ClO3. The average molecular weight is 231 g/mol. The molecule has 1 saturated carbocycles. The third-order valence-electron chi connectivity index (χ3n) is 3.11. The first-order valence-corrected chi connectivity index (χ1v) is 5.74. The van der Waals surface area contributed by atoms with Crippen LogP contribution in [0, 0.1) is 5.92 Å². The van der Waals surface area contributed by atoms with Crippen molar-refractivity contribution < 1.29 is 14.3 Å². The smallest absolute Gasteiger partial charge is 0.244 e. The molecular weight excluding hydrogens is 216 g/mol. The quantitative estimate of drug-likeness (QED) is 0.539. The highest BCUT2D eigenvalue weighted by molar-refractivity contribution is 6.66. The van der Waals surface area contributed by atoms with Crippen molar-refractivity contribution in [2.24, 2.45) is 5.92 Å². The van der Waals surface area contributed by atoms with Crippen molar-refractivity contribution in [2.45, 2.75) is 31.5 Å². The van der Waals surface area contributed by atoms with E-state index >= 15 is 0 Å². The van der Waals surface area contributed by atoms with Crippen LogP contribution >= 0.6 is 11.6 Å². The van der Waals surface area contributed by atoms with E-state index in [0.717, 1.165) is 25.7 Å². The largest absolute Gasteiger partial charge is 0.348 e. The van der Waals surface area contributed by atoms with Crippen LogP contribution in [0.5, 0.6) is 0 Å².